The van der Waals surface area contributed by atoms with Crippen LogP contribution in [0, 0.1) is 0 Å². The first-order valence-electron chi connectivity index (χ1n) is 11.4. The molecular weight excluding hydrogens is 542 g/mol. The number of rotatable bonds is 7. The Labute approximate surface area is 222 Å². The molecule has 0 spiro atoms. The number of hydrazone groups is 1. The number of carbonyl (C=O) groups is 1. The molecule has 1 aromatic heterocycles. The van der Waals surface area contributed by atoms with Crippen molar-refractivity contribution in [2.45, 2.75) is 25.3 Å². The summed E-state index contributed by atoms with van der Waals surface area (Å²) in [5.74, 6) is -0.226. The van der Waals surface area contributed by atoms with Crippen molar-refractivity contribution in [1.29, 1.82) is 0 Å². The molecule has 184 valence electrons. The second-order valence-corrected chi connectivity index (χ2v) is 9.84. The van der Waals surface area contributed by atoms with Gasteiger partial charge in [-0.05, 0) is 35.8 Å². The van der Waals surface area contributed by atoms with Gasteiger partial charge in [-0.15, -0.1) is 0 Å². The number of nitrogens with zero attached hydrogens (tertiary/aromatic N) is 2. The summed E-state index contributed by atoms with van der Waals surface area (Å²) in [6.07, 6.45) is 2.47. The first-order valence-corrected chi connectivity index (χ1v) is 12.6. The highest BCUT2D eigenvalue weighted by molar-refractivity contribution is 9.10. The lowest BCUT2D eigenvalue weighted by atomic mass is 9.92. The SMILES string of the molecule is C=C(Cl)C=c1c(-c2ccccc2)c(C2=NN(C(=O)CCCO)C(c3cccc(Br)c3)C2)c(=O)[nH]c1=C. The van der Waals surface area contributed by atoms with Gasteiger partial charge in [0.1, 0.15) is 0 Å². The predicted octanol–water partition coefficient (Wildman–Crippen LogP) is 4.20. The molecule has 0 saturated carbocycles. The summed E-state index contributed by atoms with van der Waals surface area (Å²) in [5, 5.41) is 16.7. The van der Waals surface area contributed by atoms with E-state index in [0.29, 0.717) is 40.2 Å². The fourth-order valence-corrected chi connectivity index (χ4v) is 4.90. The van der Waals surface area contributed by atoms with Crippen molar-refractivity contribution >= 4 is 51.8 Å². The number of aliphatic hydroxyl groups is 1. The minimum Gasteiger partial charge on any atom is -0.396 e. The van der Waals surface area contributed by atoms with Crippen molar-refractivity contribution in [2.24, 2.45) is 5.10 Å². The van der Waals surface area contributed by atoms with E-state index in [1.807, 2.05) is 54.6 Å². The third-order valence-electron chi connectivity index (χ3n) is 5.94. The van der Waals surface area contributed by atoms with Crippen molar-refractivity contribution in [3.8, 4) is 11.1 Å². The van der Waals surface area contributed by atoms with Gasteiger partial charge < -0.3 is 10.1 Å². The van der Waals surface area contributed by atoms with E-state index in [-0.39, 0.29) is 29.5 Å². The van der Waals surface area contributed by atoms with Crippen LogP contribution < -0.4 is 16.1 Å². The third-order valence-corrected chi connectivity index (χ3v) is 6.54. The minimum absolute atomic E-state index is 0.0952. The van der Waals surface area contributed by atoms with Crippen LogP contribution >= 0.6 is 27.5 Å². The van der Waals surface area contributed by atoms with Crippen LogP contribution in [0.3, 0.4) is 0 Å². The lowest BCUT2D eigenvalue weighted by Gasteiger charge is -2.22. The van der Waals surface area contributed by atoms with Crippen molar-refractivity contribution < 1.29 is 9.90 Å². The summed E-state index contributed by atoms with van der Waals surface area (Å²) >= 11 is 9.65. The number of allylic oxidation sites excluding steroid dienone is 1. The van der Waals surface area contributed by atoms with Crippen LogP contribution in [0.2, 0.25) is 0 Å². The number of aliphatic hydroxyl groups excluding tert-OH is 1. The Kier molecular flexibility index (Phi) is 8.04. The van der Waals surface area contributed by atoms with Gasteiger partial charge in [0.15, 0.2) is 0 Å². The van der Waals surface area contributed by atoms with Crippen LogP contribution in [0.25, 0.3) is 23.8 Å². The largest absolute Gasteiger partial charge is 0.396 e. The summed E-state index contributed by atoms with van der Waals surface area (Å²) in [7, 11) is 0. The molecule has 0 fully saturated rings. The maximum Gasteiger partial charge on any atom is 0.258 e. The summed E-state index contributed by atoms with van der Waals surface area (Å²) < 4.78 is 0.873. The molecule has 2 aromatic carbocycles. The first kappa shape index (κ1) is 25.8. The van der Waals surface area contributed by atoms with E-state index in [9.17, 15) is 14.7 Å². The number of amides is 1. The minimum atomic E-state index is -0.401. The molecule has 0 saturated heterocycles. The molecule has 0 bridgehead atoms. The van der Waals surface area contributed by atoms with E-state index in [4.69, 9.17) is 11.6 Å². The monoisotopic (exact) mass is 565 g/mol. The molecule has 2 N–H and O–H groups in total. The van der Waals surface area contributed by atoms with Crippen molar-refractivity contribution in [2.75, 3.05) is 6.61 Å². The van der Waals surface area contributed by atoms with Gasteiger partial charge in [-0.25, -0.2) is 5.01 Å². The molecule has 4 rings (SSSR count). The smallest absolute Gasteiger partial charge is 0.258 e. The molecular formula is C28H25BrClN3O3. The standard InChI is InChI=1S/C28H25BrClN3O3/c1-17(30)14-22-18(2)31-28(36)27(26(22)19-8-4-3-5-9-19)23-16-24(20-10-6-11-21(29)15-20)33(32-23)25(35)12-7-13-34/h3-6,8-11,14-15,24,34H,1-2,7,12-13,16H2,(H,31,36). The number of H-pyrrole nitrogens is 1. The van der Waals surface area contributed by atoms with E-state index < -0.39 is 6.04 Å². The van der Waals surface area contributed by atoms with Gasteiger partial charge in [0, 0.05) is 45.1 Å². The number of carbonyl (C=O) groups excluding carboxylic acids is 1. The molecule has 0 aliphatic carbocycles. The normalized spacial score (nSPS) is 15.8. The molecule has 1 amide bonds. The lowest BCUT2D eigenvalue weighted by Crippen LogP contribution is -2.39. The van der Waals surface area contributed by atoms with E-state index >= 15 is 0 Å². The second-order valence-electron chi connectivity index (χ2n) is 8.44. The van der Waals surface area contributed by atoms with Gasteiger partial charge in [0.25, 0.3) is 5.56 Å². The summed E-state index contributed by atoms with van der Waals surface area (Å²) in [5.41, 5.74) is 2.78. The molecule has 8 heteroatoms. The van der Waals surface area contributed by atoms with Gasteiger partial charge >= 0.3 is 0 Å². The van der Waals surface area contributed by atoms with E-state index in [2.05, 4.69) is 39.2 Å². The van der Waals surface area contributed by atoms with Crippen LogP contribution in [-0.2, 0) is 4.79 Å². The Morgan fingerprint density at radius 3 is 2.64 bits per heavy atom. The average molecular weight is 567 g/mol. The number of hydrogen-bond donors (Lipinski definition) is 2. The maximum absolute atomic E-state index is 13.4. The molecule has 1 aliphatic rings. The van der Waals surface area contributed by atoms with Crippen LogP contribution in [-0.4, -0.2) is 33.3 Å². The number of hydrogen-bond acceptors (Lipinski definition) is 4. The Morgan fingerprint density at radius 1 is 1.22 bits per heavy atom. The van der Waals surface area contributed by atoms with Crippen LogP contribution in [0.4, 0.5) is 0 Å². The summed E-state index contributed by atoms with van der Waals surface area (Å²) in [6.45, 7) is 7.70. The predicted molar refractivity (Wildman–Crippen MR) is 148 cm³/mol. The van der Waals surface area contributed by atoms with E-state index in [0.717, 1.165) is 15.6 Å². The van der Waals surface area contributed by atoms with Gasteiger partial charge in [-0.1, -0.05) is 83.2 Å². The highest BCUT2D eigenvalue weighted by Gasteiger charge is 2.35. The highest BCUT2D eigenvalue weighted by atomic mass is 79.9. The molecule has 6 nitrogen and oxygen atoms in total. The lowest BCUT2D eigenvalue weighted by molar-refractivity contribution is -0.133. The third kappa shape index (κ3) is 5.43. The first-order chi connectivity index (χ1) is 17.3. The van der Waals surface area contributed by atoms with Crippen molar-refractivity contribution in [3.63, 3.8) is 0 Å². The zero-order valence-electron chi connectivity index (χ0n) is 19.5. The Morgan fingerprint density at radius 2 is 1.97 bits per heavy atom. The summed E-state index contributed by atoms with van der Waals surface area (Å²) in [4.78, 5) is 29.4. The van der Waals surface area contributed by atoms with E-state index in [1.54, 1.807) is 6.08 Å². The number of benzene rings is 2. The van der Waals surface area contributed by atoms with Crippen molar-refractivity contribution in [3.05, 3.63) is 103 Å². The zero-order valence-corrected chi connectivity index (χ0v) is 21.8. The van der Waals surface area contributed by atoms with Gasteiger partial charge in [-0.3, -0.25) is 9.59 Å². The number of aromatic nitrogens is 1. The Bertz CT molecular complexity index is 1520. The van der Waals surface area contributed by atoms with E-state index in [1.165, 1.54) is 5.01 Å². The topological polar surface area (TPSA) is 85.8 Å². The molecule has 2 heterocycles. The number of pyridine rings is 1. The van der Waals surface area contributed by atoms with Crippen molar-refractivity contribution in [1.82, 2.24) is 9.99 Å². The number of halogens is 2. The van der Waals surface area contributed by atoms with Crippen LogP contribution in [0.15, 0.2) is 80.6 Å². The molecule has 1 aliphatic heterocycles. The van der Waals surface area contributed by atoms with Gasteiger partial charge in [-0.2, -0.15) is 5.10 Å². The molecule has 3 aromatic rings. The fraction of sp³-hybridized carbons (Fsp3) is 0.179. The van der Waals surface area contributed by atoms with Crippen LogP contribution in [0.1, 0.15) is 36.4 Å². The second kappa shape index (κ2) is 11.2. The van der Waals surface area contributed by atoms with Gasteiger partial charge in [0.05, 0.1) is 17.3 Å². The average Bonchev–Trinajstić information content (AvgIpc) is 3.29. The quantitative estimate of drug-likeness (QED) is 0.450. The molecule has 1 atom stereocenters. The molecule has 0 radical (unpaired) electrons. The fourth-order valence-electron chi connectivity index (χ4n) is 4.37. The zero-order chi connectivity index (χ0) is 25.8. The summed E-state index contributed by atoms with van der Waals surface area (Å²) in [6, 6.07) is 16.7. The Hall–Kier alpha value is -3.26. The number of nitrogens with one attached hydrogen (secondary N) is 1. The van der Waals surface area contributed by atoms with Crippen LogP contribution in [0.5, 0.6) is 0 Å². The molecule has 36 heavy (non-hydrogen) atoms. The van der Waals surface area contributed by atoms with Gasteiger partial charge in [0.2, 0.25) is 5.91 Å². The molecule has 1 unspecified atom stereocenters. The highest BCUT2D eigenvalue weighted by Crippen LogP contribution is 2.35. The Balaban J connectivity index is 1.95. The maximum atomic E-state index is 13.4. The number of aromatic amines is 1.